The van der Waals surface area contributed by atoms with Crippen LogP contribution in [0.2, 0.25) is 4.43 Å². The molecule has 2 aliphatic heterocycles. The van der Waals surface area contributed by atoms with Crippen molar-refractivity contribution in [2.24, 2.45) is 0 Å². The van der Waals surface area contributed by atoms with Crippen LogP contribution in [0.3, 0.4) is 0 Å². The monoisotopic (exact) mass is 720 g/mol. The minimum atomic E-state index is -1.60. The molecule has 1 amide bonds. The summed E-state index contributed by atoms with van der Waals surface area (Å²) in [5.41, 5.74) is 2.27. The van der Waals surface area contributed by atoms with Gasteiger partial charge in [-0.3, -0.25) is 4.90 Å². The molecule has 0 bridgehead atoms. The van der Waals surface area contributed by atoms with Crippen molar-refractivity contribution in [3.05, 3.63) is 60.2 Å². The third kappa shape index (κ3) is 7.00. The van der Waals surface area contributed by atoms with E-state index in [1.807, 2.05) is 16.6 Å². The molecule has 1 saturated heterocycles. The van der Waals surface area contributed by atoms with Gasteiger partial charge in [0, 0.05) is 37.3 Å². The van der Waals surface area contributed by atoms with Gasteiger partial charge in [0.2, 0.25) is 0 Å². The Hall–Kier alpha value is -2.91. The van der Waals surface area contributed by atoms with Gasteiger partial charge in [-0.2, -0.15) is 0 Å². The van der Waals surface area contributed by atoms with Gasteiger partial charge in [0.1, 0.15) is 0 Å². The van der Waals surface area contributed by atoms with E-state index in [4.69, 9.17) is 12.1 Å². The summed E-state index contributed by atoms with van der Waals surface area (Å²) in [5, 5.41) is 2.61. The molecule has 202 valence electrons. The maximum atomic E-state index is 12.5. The first-order chi connectivity index (χ1) is 19.1. The predicted octanol–water partition coefficient (Wildman–Crippen LogP) is 4.65. The van der Waals surface area contributed by atoms with Crippen molar-refractivity contribution in [3.8, 4) is 5.88 Å². The van der Waals surface area contributed by atoms with E-state index in [-0.39, 0.29) is 12.6 Å². The summed E-state index contributed by atoms with van der Waals surface area (Å²) < 4.78 is 18.0. The summed E-state index contributed by atoms with van der Waals surface area (Å²) in [6.07, 6.45) is 2.23. The molecule has 1 aromatic heterocycles. The van der Waals surface area contributed by atoms with Crippen LogP contribution in [0.25, 0.3) is 10.8 Å². The van der Waals surface area contributed by atoms with Crippen LogP contribution in [-0.2, 0) is 43.6 Å². The molecule has 5 rings (SSSR count). The Balaban J connectivity index is 1.06. The SMILES string of the molecule is [CH3][Hg][O]C(=O)OCN1C(=O)CCc2ccc(OCCCCN3CCN(c4cccc5ccccc45)CC3)nc21. The normalized spacial score (nSPS) is 15.6. The second kappa shape index (κ2) is 13.4. The van der Waals surface area contributed by atoms with Crippen LogP contribution in [0.5, 0.6) is 5.88 Å². The van der Waals surface area contributed by atoms with E-state index in [2.05, 4.69) is 57.2 Å². The zero-order valence-electron chi connectivity index (χ0n) is 22.5. The second-order valence-electron chi connectivity index (χ2n) is 9.79. The molecule has 2 aromatic carbocycles. The molecule has 2 aliphatic rings. The third-order valence-corrected chi connectivity index (χ3v) is 9.31. The van der Waals surface area contributed by atoms with Crippen molar-refractivity contribution in [2.45, 2.75) is 30.1 Å². The number of hydrogen-bond donors (Lipinski definition) is 0. The van der Waals surface area contributed by atoms with Crippen LogP contribution in [0.4, 0.5) is 16.3 Å². The van der Waals surface area contributed by atoms with Gasteiger partial charge in [-0.15, -0.1) is 0 Å². The first kappa shape index (κ1) is 27.6. The summed E-state index contributed by atoms with van der Waals surface area (Å²) >= 11 is -1.60. The van der Waals surface area contributed by atoms with E-state index >= 15 is 0 Å². The van der Waals surface area contributed by atoms with Gasteiger partial charge in [0.05, 0.1) is 0 Å². The Bertz CT molecular complexity index is 1290. The van der Waals surface area contributed by atoms with E-state index in [1.54, 1.807) is 0 Å². The van der Waals surface area contributed by atoms with Crippen LogP contribution in [-0.4, -0.2) is 68.0 Å². The number of aryl methyl sites for hydroxylation is 1. The number of aromatic nitrogens is 1. The third-order valence-electron chi connectivity index (χ3n) is 7.27. The number of carbonyl (C=O) groups is 2. The number of anilines is 2. The molecular weight excluding hydrogens is 685 g/mol. The molecule has 3 aromatic rings. The molecule has 0 spiro atoms. The van der Waals surface area contributed by atoms with E-state index in [0.717, 1.165) is 51.1 Å². The summed E-state index contributed by atoms with van der Waals surface area (Å²) in [6, 6.07) is 18.9. The molecule has 0 radical (unpaired) electrons. The van der Waals surface area contributed by atoms with Crippen LogP contribution in [0.15, 0.2) is 54.6 Å². The average Bonchev–Trinajstić information content (AvgIpc) is 2.96. The number of hydrogen-bond acceptors (Lipinski definition) is 8. The van der Waals surface area contributed by atoms with Crippen molar-refractivity contribution in [3.63, 3.8) is 0 Å². The van der Waals surface area contributed by atoms with Crippen LogP contribution >= 0.6 is 0 Å². The fraction of sp³-hybridized carbons (Fsp3) is 0.414. The Morgan fingerprint density at radius 2 is 1.79 bits per heavy atom. The van der Waals surface area contributed by atoms with Crippen molar-refractivity contribution >= 4 is 34.3 Å². The number of fused-ring (bicyclic) bond motifs is 2. The van der Waals surface area contributed by atoms with E-state index < -0.39 is 31.2 Å². The Morgan fingerprint density at radius 1 is 0.974 bits per heavy atom. The van der Waals surface area contributed by atoms with E-state index in [1.165, 1.54) is 21.4 Å². The number of unbranched alkanes of at least 4 members (excludes halogenated alkanes) is 1. The minimum absolute atomic E-state index is 0.124. The van der Waals surface area contributed by atoms with E-state index in [0.29, 0.717) is 31.1 Å². The van der Waals surface area contributed by atoms with E-state index in [9.17, 15) is 9.59 Å². The fourth-order valence-corrected chi connectivity index (χ4v) is 6.42. The average molecular weight is 719 g/mol. The molecule has 39 heavy (non-hydrogen) atoms. The summed E-state index contributed by atoms with van der Waals surface area (Å²) in [7, 11) is 0. The molecule has 0 aliphatic carbocycles. The van der Waals surface area contributed by atoms with Gasteiger partial charge in [-0.05, 0) is 18.0 Å². The fourth-order valence-electron chi connectivity index (χ4n) is 5.18. The van der Waals surface area contributed by atoms with Crippen molar-refractivity contribution in [1.29, 1.82) is 0 Å². The quantitative estimate of drug-likeness (QED) is 0.170. The van der Waals surface area contributed by atoms with Crippen molar-refractivity contribution in [2.75, 3.05) is 55.9 Å². The first-order valence-corrected chi connectivity index (χ1v) is 21.5. The molecule has 3 heterocycles. The Labute approximate surface area is 242 Å². The van der Waals surface area contributed by atoms with Crippen molar-refractivity contribution in [1.82, 2.24) is 9.88 Å². The molecule has 0 atom stereocenters. The maximum absolute atomic E-state index is 12.5. The number of ether oxygens (including phenoxy) is 2. The molecule has 0 saturated carbocycles. The van der Waals surface area contributed by atoms with Gasteiger partial charge in [-0.1, -0.05) is 36.4 Å². The molecule has 10 heteroatoms. The Kier molecular flexibility index (Phi) is 9.52. The number of amides is 1. The first-order valence-electron chi connectivity index (χ1n) is 13.8. The van der Waals surface area contributed by atoms with Crippen molar-refractivity contribution < 1.29 is 46.7 Å². The van der Waals surface area contributed by atoms with Gasteiger partial charge in [0.15, 0.2) is 0 Å². The molecule has 0 unspecified atom stereocenters. The second-order valence-corrected chi connectivity index (χ2v) is 13.2. The molecule has 1 fully saturated rings. The van der Waals surface area contributed by atoms with Gasteiger partial charge < -0.3 is 4.90 Å². The van der Waals surface area contributed by atoms with Crippen LogP contribution in [0, 0.1) is 0 Å². The van der Waals surface area contributed by atoms with Gasteiger partial charge in [-0.25, -0.2) is 0 Å². The molecule has 0 N–H and O–H groups in total. The number of rotatable bonds is 10. The number of piperazine rings is 1. The zero-order chi connectivity index (χ0) is 27.0. The molecule has 9 nitrogen and oxygen atoms in total. The zero-order valence-corrected chi connectivity index (χ0v) is 28.0. The number of benzene rings is 2. The number of carbonyl (C=O) groups excluding carboxylic acids is 2. The Morgan fingerprint density at radius 3 is 2.64 bits per heavy atom. The molecular formula is C29H34HgN4O5. The van der Waals surface area contributed by atoms with Gasteiger partial charge >= 0.3 is 142 Å². The summed E-state index contributed by atoms with van der Waals surface area (Å²) in [4.78, 5) is 35.1. The standard InChI is InChI=1S/C28H32N4O5.CH3.Hg/c33-26-13-11-22-10-12-25(29-27(22)32(26)20-37-28(34)35)36-19-4-3-14-30-15-17-31(18-16-30)24-9-5-7-21-6-1-2-8-23(21)24;;/h1-2,5-10,12H,3-4,11,13-20H2,(H,34,35);1H3;/q;;+1/p-1. The predicted molar refractivity (Wildman–Crippen MR) is 146 cm³/mol. The van der Waals surface area contributed by atoms with Crippen LogP contribution in [0.1, 0.15) is 24.8 Å². The summed E-state index contributed by atoms with van der Waals surface area (Å²) in [6.45, 7) is 5.58. The number of pyridine rings is 1. The topological polar surface area (TPSA) is 84.4 Å². The van der Waals surface area contributed by atoms with Crippen LogP contribution < -0.4 is 14.5 Å². The number of nitrogens with zero attached hydrogens (tertiary/aromatic N) is 4. The summed E-state index contributed by atoms with van der Waals surface area (Å²) in [5.74, 6) is 0.855. The van der Waals surface area contributed by atoms with Gasteiger partial charge in [0.25, 0.3) is 0 Å².